The first-order valence-corrected chi connectivity index (χ1v) is 8.87. The van der Waals surface area contributed by atoms with Crippen LogP contribution in [0.3, 0.4) is 0 Å². The van der Waals surface area contributed by atoms with Crippen LogP contribution in [0.1, 0.15) is 18.4 Å². The number of likely N-dealkylation sites (N-methyl/N-ethyl adjacent to an activating group) is 1. The number of amides is 2. The highest BCUT2D eigenvalue weighted by Gasteiger charge is 2.17. The number of benzene rings is 1. The summed E-state index contributed by atoms with van der Waals surface area (Å²) in [7, 11) is 1.63. The lowest BCUT2D eigenvalue weighted by Crippen LogP contribution is -2.41. The van der Waals surface area contributed by atoms with Crippen molar-refractivity contribution in [2.75, 3.05) is 38.6 Å². The fourth-order valence-corrected chi connectivity index (χ4v) is 3.02. The fraction of sp³-hybridized carbons (Fsp3) is 0.529. The summed E-state index contributed by atoms with van der Waals surface area (Å²) in [6.07, 6.45) is 2.31. The Labute approximate surface area is 163 Å². The van der Waals surface area contributed by atoms with Crippen LogP contribution in [0.15, 0.2) is 22.7 Å². The Morgan fingerprint density at radius 2 is 2.16 bits per heavy atom. The Hall–Kier alpha value is -1.15. The maximum atomic E-state index is 12.1. The zero-order valence-corrected chi connectivity index (χ0v) is 16.9. The molecule has 140 valence electrons. The van der Waals surface area contributed by atoms with E-state index < -0.39 is 0 Å². The molecule has 1 atom stereocenters. The predicted octanol–water partition coefficient (Wildman–Crippen LogP) is 2.34. The molecule has 0 bridgehead atoms. The molecule has 2 rings (SSSR count). The standard InChI is InChI=1S/C17H24BrN3O3.ClH/c1-12-8-13(18)5-6-15(12)20-16(22)11-21(2)17(23)10-19-9-14-4-3-7-24-14;/h5-6,8,14,19H,3-4,7,9-11H2,1-2H3,(H,20,22);1H. The van der Waals surface area contributed by atoms with Gasteiger partial charge in [-0.15, -0.1) is 12.4 Å². The molecule has 1 saturated heterocycles. The average molecular weight is 435 g/mol. The van der Waals surface area contributed by atoms with Crippen molar-refractivity contribution in [1.82, 2.24) is 10.2 Å². The average Bonchev–Trinajstić information content (AvgIpc) is 3.03. The van der Waals surface area contributed by atoms with Gasteiger partial charge in [-0.2, -0.15) is 0 Å². The first-order valence-electron chi connectivity index (χ1n) is 8.08. The second kappa shape index (κ2) is 10.8. The molecule has 8 heteroatoms. The maximum Gasteiger partial charge on any atom is 0.243 e. The zero-order valence-electron chi connectivity index (χ0n) is 14.5. The number of carbonyl (C=O) groups is 2. The van der Waals surface area contributed by atoms with Gasteiger partial charge in [-0.25, -0.2) is 0 Å². The van der Waals surface area contributed by atoms with Crippen molar-refractivity contribution in [1.29, 1.82) is 0 Å². The number of rotatable bonds is 7. The van der Waals surface area contributed by atoms with Crippen LogP contribution in [-0.2, 0) is 14.3 Å². The maximum absolute atomic E-state index is 12.1. The quantitative estimate of drug-likeness (QED) is 0.691. The van der Waals surface area contributed by atoms with Crippen molar-refractivity contribution in [3.05, 3.63) is 28.2 Å². The van der Waals surface area contributed by atoms with Gasteiger partial charge in [-0.05, 0) is 43.5 Å². The van der Waals surface area contributed by atoms with Gasteiger partial charge in [-0.1, -0.05) is 15.9 Å². The Morgan fingerprint density at radius 1 is 1.40 bits per heavy atom. The van der Waals surface area contributed by atoms with E-state index in [-0.39, 0.29) is 43.4 Å². The molecular weight excluding hydrogens is 410 g/mol. The minimum Gasteiger partial charge on any atom is -0.377 e. The molecule has 1 aliphatic rings. The molecule has 25 heavy (non-hydrogen) atoms. The highest BCUT2D eigenvalue weighted by Crippen LogP contribution is 2.19. The first-order chi connectivity index (χ1) is 11.5. The minimum absolute atomic E-state index is 0. The molecule has 1 unspecified atom stereocenters. The molecule has 0 aliphatic carbocycles. The van der Waals surface area contributed by atoms with E-state index >= 15 is 0 Å². The molecule has 6 nitrogen and oxygen atoms in total. The predicted molar refractivity (Wildman–Crippen MR) is 104 cm³/mol. The van der Waals surface area contributed by atoms with Gasteiger partial charge in [0, 0.05) is 30.4 Å². The van der Waals surface area contributed by atoms with Gasteiger partial charge >= 0.3 is 0 Å². The van der Waals surface area contributed by atoms with E-state index in [4.69, 9.17) is 4.74 Å². The van der Waals surface area contributed by atoms with Gasteiger partial charge in [0.25, 0.3) is 0 Å². The van der Waals surface area contributed by atoms with E-state index in [2.05, 4.69) is 26.6 Å². The van der Waals surface area contributed by atoms with Crippen molar-refractivity contribution >= 4 is 45.8 Å². The number of carbonyl (C=O) groups excluding carboxylic acids is 2. The van der Waals surface area contributed by atoms with Crippen LogP contribution in [0.25, 0.3) is 0 Å². The van der Waals surface area contributed by atoms with Gasteiger partial charge in [0.1, 0.15) is 0 Å². The Morgan fingerprint density at radius 3 is 2.80 bits per heavy atom. The molecule has 2 N–H and O–H groups in total. The Balaban J connectivity index is 0.00000312. The number of halogens is 2. The van der Waals surface area contributed by atoms with E-state index in [1.807, 2.05) is 25.1 Å². The SMILES string of the molecule is Cc1cc(Br)ccc1NC(=O)CN(C)C(=O)CNCC1CCCO1.Cl. The van der Waals surface area contributed by atoms with Crippen molar-refractivity contribution in [3.63, 3.8) is 0 Å². The van der Waals surface area contributed by atoms with Crippen LogP contribution in [0.2, 0.25) is 0 Å². The summed E-state index contributed by atoms with van der Waals surface area (Å²) in [6, 6.07) is 5.63. The molecule has 2 amide bonds. The molecule has 1 fully saturated rings. The number of hydrogen-bond acceptors (Lipinski definition) is 4. The van der Waals surface area contributed by atoms with Crippen LogP contribution in [0, 0.1) is 6.92 Å². The van der Waals surface area contributed by atoms with Gasteiger partial charge in [0.05, 0.1) is 19.2 Å². The van der Waals surface area contributed by atoms with Gasteiger partial charge in [0.15, 0.2) is 0 Å². The number of hydrogen-bond donors (Lipinski definition) is 2. The van der Waals surface area contributed by atoms with Crippen LogP contribution in [-0.4, -0.2) is 56.1 Å². The molecule has 0 radical (unpaired) electrons. The lowest BCUT2D eigenvalue weighted by atomic mass is 10.2. The Bertz CT molecular complexity index is 595. The summed E-state index contributed by atoms with van der Waals surface area (Å²) in [6.45, 7) is 3.63. The number of nitrogens with one attached hydrogen (secondary N) is 2. The number of ether oxygens (including phenoxy) is 1. The monoisotopic (exact) mass is 433 g/mol. The summed E-state index contributed by atoms with van der Waals surface area (Å²) in [5.41, 5.74) is 1.71. The third-order valence-corrected chi connectivity index (χ3v) is 4.43. The van der Waals surface area contributed by atoms with E-state index in [1.165, 1.54) is 4.90 Å². The van der Waals surface area contributed by atoms with Crippen LogP contribution in [0.5, 0.6) is 0 Å². The lowest BCUT2D eigenvalue weighted by Gasteiger charge is -2.18. The van der Waals surface area contributed by atoms with Crippen molar-refractivity contribution in [3.8, 4) is 0 Å². The second-order valence-corrected chi connectivity index (χ2v) is 6.94. The van der Waals surface area contributed by atoms with Gasteiger partial charge in [0.2, 0.25) is 11.8 Å². The summed E-state index contributed by atoms with van der Waals surface area (Å²) >= 11 is 3.39. The third-order valence-electron chi connectivity index (χ3n) is 3.94. The summed E-state index contributed by atoms with van der Waals surface area (Å²) < 4.78 is 6.45. The molecule has 1 heterocycles. The fourth-order valence-electron chi connectivity index (χ4n) is 2.54. The number of anilines is 1. The highest BCUT2D eigenvalue weighted by atomic mass is 79.9. The van der Waals surface area contributed by atoms with Crippen molar-refractivity contribution in [2.45, 2.75) is 25.9 Å². The van der Waals surface area contributed by atoms with Crippen LogP contribution < -0.4 is 10.6 Å². The van der Waals surface area contributed by atoms with Crippen LogP contribution >= 0.6 is 28.3 Å². The molecular formula is C17H25BrClN3O3. The van der Waals surface area contributed by atoms with Gasteiger partial charge < -0.3 is 20.3 Å². The molecule has 1 aromatic carbocycles. The zero-order chi connectivity index (χ0) is 17.5. The van der Waals surface area contributed by atoms with Crippen LogP contribution in [0.4, 0.5) is 5.69 Å². The smallest absolute Gasteiger partial charge is 0.243 e. The normalized spacial score (nSPS) is 16.2. The van der Waals surface area contributed by atoms with Crippen molar-refractivity contribution in [2.24, 2.45) is 0 Å². The Kier molecular flexibility index (Phi) is 9.42. The highest BCUT2D eigenvalue weighted by molar-refractivity contribution is 9.10. The second-order valence-electron chi connectivity index (χ2n) is 6.02. The topological polar surface area (TPSA) is 70.7 Å². The number of nitrogens with zero attached hydrogens (tertiary/aromatic N) is 1. The van der Waals surface area contributed by atoms with E-state index in [0.717, 1.165) is 35.2 Å². The minimum atomic E-state index is -0.213. The van der Waals surface area contributed by atoms with Gasteiger partial charge in [-0.3, -0.25) is 9.59 Å². The first kappa shape index (κ1) is 21.9. The molecule has 0 saturated carbocycles. The van der Waals surface area contributed by atoms with E-state index in [0.29, 0.717) is 6.54 Å². The number of aryl methyl sites for hydroxylation is 1. The summed E-state index contributed by atoms with van der Waals surface area (Å²) in [4.78, 5) is 25.6. The summed E-state index contributed by atoms with van der Waals surface area (Å²) in [5.74, 6) is -0.328. The third kappa shape index (κ3) is 7.32. The summed E-state index contributed by atoms with van der Waals surface area (Å²) in [5, 5.41) is 5.92. The molecule has 0 spiro atoms. The van der Waals surface area contributed by atoms with E-state index in [1.54, 1.807) is 7.05 Å². The molecule has 0 aromatic heterocycles. The largest absolute Gasteiger partial charge is 0.377 e. The molecule has 1 aliphatic heterocycles. The molecule has 1 aromatic rings. The lowest BCUT2D eigenvalue weighted by molar-refractivity contribution is -0.132. The van der Waals surface area contributed by atoms with E-state index in [9.17, 15) is 9.59 Å². The van der Waals surface area contributed by atoms with Crippen molar-refractivity contribution < 1.29 is 14.3 Å².